The Morgan fingerprint density at radius 3 is 1.28 bits per heavy atom. The number of benzene rings is 6. The third-order valence-corrected chi connectivity index (χ3v) is 11.9. The SMILES string of the molecule is O=C(c1ccc2sc3ccc(C(=O)c4cccc5c4sc4ccccc45)cc3c2c1)c1cccc2c1sc1ccccc12. The molecule has 2 nitrogen and oxygen atoms in total. The molecule has 3 aromatic heterocycles. The van der Waals surface area contributed by atoms with Crippen LogP contribution in [0, 0.1) is 0 Å². The third kappa shape index (κ3) is 3.76. The molecule has 0 aliphatic rings. The first-order valence-electron chi connectivity index (χ1n) is 14.0. The normalized spacial score (nSPS) is 11.9. The zero-order valence-corrected chi connectivity index (χ0v) is 25.0. The first-order valence-corrected chi connectivity index (χ1v) is 16.5. The molecule has 0 N–H and O–H groups in total. The summed E-state index contributed by atoms with van der Waals surface area (Å²) in [6.45, 7) is 0. The Kier molecular flexibility index (Phi) is 5.45. The van der Waals surface area contributed by atoms with E-state index >= 15 is 0 Å². The van der Waals surface area contributed by atoms with Crippen molar-refractivity contribution in [1.29, 1.82) is 0 Å². The van der Waals surface area contributed by atoms with Crippen molar-refractivity contribution < 1.29 is 9.59 Å². The fourth-order valence-electron chi connectivity index (χ4n) is 6.22. The molecule has 0 saturated heterocycles. The van der Waals surface area contributed by atoms with Gasteiger partial charge in [0.05, 0.1) is 0 Å². The summed E-state index contributed by atoms with van der Waals surface area (Å²) in [6.07, 6.45) is 0. The molecule has 202 valence electrons. The van der Waals surface area contributed by atoms with Gasteiger partial charge in [-0.2, -0.15) is 0 Å². The van der Waals surface area contributed by atoms with Gasteiger partial charge in [0.1, 0.15) is 0 Å². The Bertz CT molecular complexity index is 2430. The van der Waals surface area contributed by atoms with E-state index in [9.17, 15) is 9.59 Å². The Labute approximate surface area is 258 Å². The van der Waals surface area contributed by atoms with E-state index in [1.807, 2.05) is 84.9 Å². The van der Waals surface area contributed by atoms with Crippen LogP contribution < -0.4 is 0 Å². The van der Waals surface area contributed by atoms with Crippen LogP contribution in [0.5, 0.6) is 0 Å². The Morgan fingerprint density at radius 2 is 0.791 bits per heavy atom. The quantitative estimate of drug-likeness (QED) is 0.187. The lowest BCUT2D eigenvalue weighted by Gasteiger charge is -2.05. The highest BCUT2D eigenvalue weighted by Gasteiger charge is 2.19. The smallest absolute Gasteiger partial charge is 0.194 e. The summed E-state index contributed by atoms with van der Waals surface area (Å²) in [5.41, 5.74) is 2.77. The number of thiophene rings is 3. The molecule has 0 saturated carbocycles. The highest BCUT2D eigenvalue weighted by atomic mass is 32.1. The Balaban J connectivity index is 1.16. The minimum Gasteiger partial charge on any atom is -0.289 e. The molecule has 0 radical (unpaired) electrons. The molecule has 0 bridgehead atoms. The predicted octanol–water partition coefficient (Wildman–Crippen LogP) is 11.3. The highest BCUT2D eigenvalue weighted by Crippen LogP contribution is 2.40. The molecule has 0 aliphatic carbocycles. The van der Waals surface area contributed by atoms with E-state index in [1.165, 1.54) is 20.2 Å². The zero-order chi connectivity index (χ0) is 28.7. The van der Waals surface area contributed by atoms with Crippen molar-refractivity contribution in [3.8, 4) is 0 Å². The summed E-state index contributed by atoms with van der Waals surface area (Å²) in [4.78, 5) is 27.9. The lowest BCUT2D eigenvalue weighted by Crippen LogP contribution is -2.01. The van der Waals surface area contributed by atoms with Crippen LogP contribution in [0.4, 0.5) is 0 Å². The molecule has 0 aliphatic heterocycles. The summed E-state index contributed by atoms with van der Waals surface area (Å²) in [5, 5.41) is 6.60. The summed E-state index contributed by atoms with van der Waals surface area (Å²) in [7, 11) is 0. The average molecular weight is 605 g/mol. The summed E-state index contributed by atoms with van der Waals surface area (Å²) < 4.78 is 6.60. The minimum absolute atomic E-state index is 0.0158. The van der Waals surface area contributed by atoms with Crippen LogP contribution in [-0.4, -0.2) is 11.6 Å². The average Bonchev–Trinajstić information content (AvgIpc) is 3.74. The van der Waals surface area contributed by atoms with Gasteiger partial charge in [-0.3, -0.25) is 9.59 Å². The summed E-state index contributed by atoms with van der Waals surface area (Å²) in [5.74, 6) is 0.0316. The van der Waals surface area contributed by atoms with E-state index in [0.29, 0.717) is 11.1 Å². The largest absolute Gasteiger partial charge is 0.289 e. The van der Waals surface area contributed by atoms with Crippen LogP contribution >= 0.6 is 34.0 Å². The van der Waals surface area contributed by atoms with Crippen LogP contribution in [-0.2, 0) is 0 Å². The number of carbonyl (C=O) groups is 2. The third-order valence-electron chi connectivity index (χ3n) is 8.29. The Hall–Kier alpha value is -4.68. The topological polar surface area (TPSA) is 34.1 Å². The first-order chi connectivity index (χ1) is 21.1. The fraction of sp³-hybridized carbons (Fsp3) is 0. The number of ketones is 2. The van der Waals surface area contributed by atoms with Gasteiger partial charge in [0.25, 0.3) is 0 Å². The molecule has 43 heavy (non-hydrogen) atoms. The molecule has 3 heterocycles. The molecule has 0 fully saturated rings. The van der Waals surface area contributed by atoms with Crippen molar-refractivity contribution >= 4 is 106 Å². The monoisotopic (exact) mass is 604 g/mol. The van der Waals surface area contributed by atoms with Gasteiger partial charge in [0.2, 0.25) is 0 Å². The molecule has 0 atom stereocenters. The predicted molar refractivity (Wildman–Crippen MR) is 185 cm³/mol. The van der Waals surface area contributed by atoms with Gasteiger partial charge in [0.15, 0.2) is 11.6 Å². The summed E-state index contributed by atoms with van der Waals surface area (Å²) >= 11 is 5.02. The zero-order valence-electron chi connectivity index (χ0n) is 22.6. The van der Waals surface area contributed by atoms with E-state index in [-0.39, 0.29) is 11.6 Å². The fourth-order valence-corrected chi connectivity index (χ4v) is 9.72. The lowest BCUT2D eigenvalue weighted by atomic mass is 9.97. The molecule has 5 heteroatoms. The number of rotatable bonds is 4. The molecule has 0 spiro atoms. The van der Waals surface area contributed by atoms with Gasteiger partial charge in [-0.25, -0.2) is 0 Å². The lowest BCUT2D eigenvalue weighted by molar-refractivity contribution is 0.103. The van der Waals surface area contributed by atoms with Gasteiger partial charge in [-0.15, -0.1) is 34.0 Å². The second kappa shape index (κ2) is 9.41. The molecule has 9 aromatic rings. The molecular weight excluding hydrogens is 585 g/mol. The molecule has 6 aromatic carbocycles. The van der Waals surface area contributed by atoms with Crippen LogP contribution in [0.1, 0.15) is 31.8 Å². The van der Waals surface area contributed by atoms with Crippen LogP contribution in [0.15, 0.2) is 121 Å². The minimum atomic E-state index is 0.0158. The standard InChI is InChI=1S/C38H20O2S3/c39-35(27-11-5-9-25-23-7-1-3-13-31(23)42-37(25)27)21-15-17-33-29(19-21)30-20-22(16-18-34(30)41-33)36(40)28-12-6-10-26-24-8-2-4-14-32(24)43-38(26)28/h1-20H. The van der Waals surface area contributed by atoms with Crippen LogP contribution in [0.3, 0.4) is 0 Å². The number of hydrogen-bond donors (Lipinski definition) is 0. The van der Waals surface area contributed by atoms with Crippen LogP contribution in [0.2, 0.25) is 0 Å². The molecule has 0 amide bonds. The van der Waals surface area contributed by atoms with Crippen LogP contribution in [0.25, 0.3) is 60.5 Å². The van der Waals surface area contributed by atoms with E-state index in [1.54, 1.807) is 34.0 Å². The van der Waals surface area contributed by atoms with Gasteiger partial charge >= 0.3 is 0 Å². The van der Waals surface area contributed by atoms with Crippen molar-refractivity contribution in [2.75, 3.05) is 0 Å². The number of hydrogen-bond acceptors (Lipinski definition) is 5. The van der Waals surface area contributed by atoms with Gasteiger partial charge < -0.3 is 0 Å². The molecular formula is C38H20O2S3. The van der Waals surface area contributed by atoms with E-state index in [4.69, 9.17) is 0 Å². The van der Waals surface area contributed by atoms with Gasteiger partial charge in [-0.1, -0.05) is 60.7 Å². The van der Waals surface area contributed by atoms with Crippen molar-refractivity contribution in [3.05, 3.63) is 144 Å². The van der Waals surface area contributed by atoms with Crippen molar-refractivity contribution in [3.63, 3.8) is 0 Å². The first kappa shape index (κ1) is 24.9. The molecule has 9 rings (SSSR count). The maximum atomic E-state index is 14.0. The van der Waals surface area contributed by atoms with E-state index < -0.39 is 0 Å². The van der Waals surface area contributed by atoms with Crippen molar-refractivity contribution in [2.24, 2.45) is 0 Å². The van der Waals surface area contributed by atoms with E-state index in [0.717, 1.165) is 51.5 Å². The molecule has 0 unspecified atom stereocenters. The number of carbonyl (C=O) groups excluding carboxylic acids is 2. The van der Waals surface area contributed by atoms with Gasteiger partial charge in [-0.05, 0) is 60.7 Å². The van der Waals surface area contributed by atoms with Gasteiger partial charge in [0, 0.05) is 82.8 Å². The van der Waals surface area contributed by atoms with E-state index in [2.05, 4.69) is 36.4 Å². The second-order valence-electron chi connectivity index (χ2n) is 10.7. The summed E-state index contributed by atoms with van der Waals surface area (Å²) in [6, 6.07) is 40.6. The maximum absolute atomic E-state index is 14.0. The maximum Gasteiger partial charge on any atom is 0.194 e. The van der Waals surface area contributed by atoms with Crippen molar-refractivity contribution in [1.82, 2.24) is 0 Å². The van der Waals surface area contributed by atoms with Crippen molar-refractivity contribution in [2.45, 2.75) is 0 Å². The highest BCUT2D eigenvalue weighted by molar-refractivity contribution is 7.27. The second-order valence-corrected chi connectivity index (χ2v) is 13.9. The Morgan fingerprint density at radius 1 is 0.372 bits per heavy atom. The number of fused-ring (bicyclic) bond motifs is 9.